The molecule has 0 aromatic rings. The van der Waals surface area contributed by atoms with Crippen molar-refractivity contribution >= 4 is 5.97 Å². The molecule has 1 rings (SSSR count). The van der Waals surface area contributed by atoms with Crippen molar-refractivity contribution in [1.29, 1.82) is 0 Å². The van der Waals surface area contributed by atoms with E-state index in [1.807, 2.05) is 0 Å². The highest BCUT2D eigenvalue weighted by Crippen LogP contribution is 2.41. The van der Waals surface area contributed by atoms with E-state index >= 15 is 0 Å². The third-order valence-corrected chi connectivity index (χ3v) is 4.43. The Hall–Kier alpha value is -0.570. The van der Waals surface area contributed by atoms with Gasteiger partial charge in [0.05, 0.1) is 0 Å². The topological polar surface area (TPSA) is 57.5 Å². The van der Waals surface area contributed by atoms with E-state index in [1.54, 1.807) is 13.8 Å². The predicted molar refractivity (Wildman–Crippen MR) is 72.3 cm³/mol. The maximum atomic E-state index is 11.4. The van der Waals surface area contributed by atoms with E-state index in [2.05, 4.69) is 13.8 Å². The Balaban J connectivity index is 2.78. The van der Waals surface area contributed by atoms with Gasteiger partial charge >= 0.3 is 5.97 Å². The van der Waals surface area contributed by atoms with E-state index in [0.29, 0.717) is 11.8 Å². The van der Waals surface area contributed by atoms with Gasteiger partial charge < -0.3 is 10.2 Å². The lowest BCUT2D eigenvalue weighted by atomic mass is 9.67. The molecule has 3 nitrogen and oxygen atoms in total. The second-order valence-corrected chi connectivity index (χ2v) is 6.64. The Kier molecular flexibility index (Phi) is 5.20. The van der Waals surface area contributed by atoms with Gasteiger partial charge in [-0.05, 0) is 42.9 Å². The molecular weight excluding hydrogens is 228 g/mol. The first kappa shape index (κ1) is 15.5. The Bertz CT molecular complexity index is 285. The van der Waals surface area contributed by atoms with Crippen LogP contribution in [-0.4, -0.2) is 21.8 Å². The molecular formula is C15H28O3. The highest BCUT2D eigenvalue weighted by Gasteiger charge is 2.48. The fourth-order valence-corrected chi connectivity index (χ4v) is 3.46. The fraction of sp³-hybridized carbons (Fsp3) is 0.933. The van der Waals surface area contributed by atoms with Crippen LogP contribution in [0.2, 0.25) is 0 Å². The lowest BCUT2D eigenvalue weighted by Crippen LogP contribution is -2.51. The summed E-state index contributed by atoms with van der Waals surface area (Å²) >= 11 is 0. The zero-order chi connectivity index (χ0) is 13.9. The molecule has 0 saturated heterocycles. The van der Waals surface area contributed by atoms with E-state index in [9.17, 15) is 15.0 Å². The zero-order valence-corrected chi connectivity index (χ0v) is 12.1. The van der Waals surface area contributed by atoms with Gasteiger partial charge in [0.15, 0.2) is 5.60 Å². The lowest BCUT2D eigenvalue weighted by molar-refractivity contribution is -0.174. The number of aliphatic hydroxyl groups is 1. The Morgan fingerprint density at radius 3 is 2.33 bits per heavy atom. The van der Waals surface area contributed by atoms with E-state index in [0.717, 1.165) is 25.7 Å². The predicted octanol–water partition coefficient (Wildman–Crippen LogP) is 3.31. The zero-order valence-electron chi connectivity index (χ0n) is 12.1. The average molecular weight is 256 g/mol. The van der Waals surface area contributed by atoms with Crippen LogP contribution in [0, 0.1) is 23.7 Å². The van der Waals surface area contributed by atoms with Crippen molar-refractivity contribution < 1.29 is 15.0 Å². The van der Waals surface area contributed by atoms with Gasteiger partial charge in [-0.1, -0.05) is 40.5 Å². The molecule has 18 heavy (non-hydrogen) atoms. The molecule has 1 saturated carbocycles. The molecule has 0 aliphatic heterocycles. The third kappa shape index (κ3) is 3.25. The number of hydrogen-bond acceptors (Lipinski definition) is 2. The summed E-state index contributed by atoms with van der Waals surface area (Å²) in [6.07, 6.45) is 5.08. The van der Waals surface area contributed by atoms with Crippen LogP contribution in [0.4, 0.5) is 0 Å². The van der Waals surface area contributed by atoms with Crippen molar-refractivity contribution in [2.75, 3.05) is 0 Å². The largest absolute Gasteiger partial charge is 0.479 e. The molecule has 3 atom stereocenters. The van der Waals surface area contributed by atoms with Gasteiger partial charge in [-0.2, -0.15) is 0 Å². The molecule has 1 aliphatic carbocycles. The fourth-order valence-electron chi connectivity index (χ4n) is 3.46. The minimum absolute atomic E-state index is 0.0903. The molecule has 0 radical (unpaired) electrons. The first-order valence-electron chi connectivity index (χ1n) is 7.24. The number of carboxylic acids is 1. The van der Waals surface area contributed by atoms with Crippen LogP contribution in [-0.2, 0) is 4.79 Å². The molecule has 0 aromatic heterocycles. The summed E-state index contributed by atoms with van der Waals surface area (Å²) in [7, 11) is 0. The molecule has 1 aliphatic rings. The lowest BCUT2D eigenvalue weighted by Gasteiger charge is -2.40. The summed E-state index contributed by atoms with van der Waals surface area (Å²) in [5, 5.41) is 19.9. The molecule has 0 amide bonds. The summed E-state index contributed by atoms with van der Waals surface area (Å²) in [4.78, 5) is 11.4. The SMILES string of the molecule is CC(C)CC1CCCC(C(O)(C(=O)O)C(C)C)C1. The number of hydrogen-bond donors (Lipinski definition) is 2. The van der Waals surface area contributed by atoms with Crippen molar-refractivity contribution in [3.05, 3.63) is 0 Å². The third-order valence-electron chi connectivity index (χ3n) is 4.43. The normalized spacial score (nSPS) is 28.4. The standard InChI is InChI=1S/C15H28O3/c1-10(2)8-12-6-5-7-13(9-12)15(18,11(3)4)14(16)17/h10-13,18H,5-9H2,1-4H3,(H,16,17). The molecule has 0 bridgehead atoms. The minimum Gasteiger partial charge on any atom is -0.479 e. The van der Waals surface area contributed by atoms with Crippen LogP contribution in [0.25, 0.3) is 0 Å². The quantitative estimate of drug-likeness (QED) is 0.793. The molecule has 0 aromatic carbocycles. The van der Waals surface area contributed by atoms with Gasteiger partial charge in [-0.25, -0.2) is 4.79 Å². The maximum Gasteiger partial charge on any atom is 0.336 e. The number of rotatable bonds is 5. The first-order chi connectivity index (χ1) is 8.28. The molecule has 1 fully saturated rings. The molecule has 0 heterocycles. The first-order valence-corrected chi connectivity index (χ1v) is 7.24. The maximum absolute atomic E-state index is 11.4. The molecule has 106 valence electrons. The molecule has 3 unspecified atom stereocenters. The van der Waals surface area contributed by atoms with Gasteiger partial charge in [-0.15, -0.1) is 0 Å². The average Bonchev–Trinajstić information content (AvgIpc) is 2.26. The summed E-state index contributed by atoms with van der Waals surface area (Å²) in [5.41, 5.74) is -1.55. The van der Waals surface area contributed by atoms with Gasteiger partial charge in [0.25, 0.3) is 0 Å². The van der Waals surface area contributed by atoms with E-state index < -0.39 is 11.6 Å². The van der Waals surface area contributed by atoms with Gasteiger partial charge in [0.1, 0.15) is 0 Å². The highest BCUT2D eigenvalue weighted by molar-refractivity contribution is 5.78. The summed E-state index contributed by atoms with van der Waals surface area (Å²) in [6, 6.07) is 0. The second-order valence-electron chi connectivity index (χ2n) is 6.64. The van der Waals surface area contributed by atoms with Crippen molar-refractivity contribution in [3.8, 4) is 0 Å². The van der Waals surface area contributed by atoms with Crippen LogP contribution in [0.3, 0.4) is 0 Å². The summed E-state index contributed by atoms with van der Waals surface area (Å²) < 4.78 is 0. The smallest absolute Gasteiger partial charge is 0.336 e. The van der Waals surface area contributed by atoms with Crippen LogP contribution in [0.1, 0.15) is 59.8 Å². The van der Waals surface area contributed by atoms with E-state index in [4.69, 9.17) is 0 Å². The van der Waals surface area contributed by atoms with E-state index in [1.165, 1.54) is 6.42 Å². The number of carboxylic acid groups (broad SMARTS) is 1. The van der Waals surface area contributed by atoms with Gasteiger partial charge in [0.2, 0.25) is 0 Å². The monoisotopic (exact) mass is 256 g/mol. The molecule has 2 N–H and O–H groups in total. The highest BCUT2D eigenvalue weighted by atomic mass is 16.4. The van der Waals surface area contributed by atoms with Gasteiger partial charge in [0, 0.05) is 0 Å². The Morgan fingerprint density at radius 1 is 1.28 bits per heavy atom. The van der Waals surface area contributed by atoms with Crippen molar-refractivity contribution in [1.82, 2.24) is 0 Å². The van der Waals surface area contributed by atoms with Crippen molar-refractivity contribution in [2.45, 2.75) is 65.4 Å². The van der Waals surface area contributed by atoms with Gasteiger partial charge in [-0.3, -0.25) is 0 Å². The van der Waals surface area contributed by atoms with Crippen molar-refractivity contribution in [3.63, 3.8) is 0 Å². The van der Waals surface area contributed by atoms with Crippen LogP contribution < -0.4 is 0 Å². The minimum atomic E-state index is -1.55. The van der Waals surface area contributed by atoms with Crippen LogP contribution >= 0.6 is 0 Å². The van der Waals surface area contributed by atoms with E-state index in [-0.39, 0.29) is 11.8 Å². The van der Waals surface area contributed by atoms with Crippen molar-refractivity contribution in [2.24, 2.45) is 23.7 Å². The number of carbonyl (C=O) groups is 1. The molecule has 0 spiro atoms. The second kappa shape index (κ2) is 6.05. The van der Waals surface area contributed by atoms with Crippen LogP contribution in [0.5, 0.6) is 0 Å². The van der Waals surface area contributed by atoms with Crippen LogP contribution in [0.15, 0.2) is 0 Å². The summed E-state index contributed by atoms with van der Waals surface area (Å²) in [6.45, 7) is 8.02. The number of aliphatic carboxylic acids is 1. The Labute approximate surface area is 111 Å². The Morgan fingerprint density at radius 2 is 1.89 bits per heavy atom. The molecule has 3 heteroatoms. The summed E-state index contributed by atoms with van der Waals surface area (Å²) in [5.74, 6) is -0.155.